The molecule has 1 aromatic carbocycles. The van der Waals surface area contributed by atoms with Gasteiger partial charge in [-0.3, -0.25) is 0 Å². The molecule has 0 saturated carbocycles. The van der Waals surface area contributed by atoms with Crippen LogP contribution in [0.5, 0.6) is 0 Å². The molecule has 1 fully saturated rings. The first kappa shape index (κ1) is 14.9. The highest BCUT2D eigenvalue weighted by atomic mass is 79.9. The maximum atomic E-state index is 13.6. The van der Waals surface area contributed by atoms with Gasteiger partial charge in [0.05, 0.1) is 10.6 Å². The summed E-state index contributed by atoms with van der Waals surface area (Å²) in [7, 11) is 0. The highest BCUT2D eigenvalue weighted by Gasteiger charge is 2.29. The highest BCUT2D eigenvalue weighted by molar-refractivity contribution is 9.10. The van der Waals surface area contributed by atoms with Crippen molar-refractivity contribution in [3.05, 3.63) is 34.1 Å². The number of hydrogen-bond donors (Lipinski definition) is 1. The average Bonchev–Trinajstić information content (AvgIpc) is 2.80. The Hall–Kier alpha value is -0.450. The summed E-state index contributed by atoms with van der Waals surface area (Å²) in [5.41, 5.74) is 0.939. The molecule has 106 valence electrons. The number of benzene rings is 1. The highest BCUT2D eigenvalue weighted by Crippen LogP contribution is 2.35. The van der Waals surface area contributed by atoms with E-state index < -0.39 is 0 Å². The summed E-state index contributed by atoms with van der Waals surface area (Å²) in [4.78, 5) is 0. The van der Waals surface area contributed by atoms with Gasteiger partial charge in [0, 0.05) is 19.1 Å². The summed E-state index contributed by atoms with van der Waals surface area (Å²) in [6, 6.07) is 5.28. The Labute approximate surface area is 122 Å². The number of halogens is 2. The van der Waals surface area contributed by atoms with Crippen LogP contribution < -0.4 is 5.32 Å². The molecule has 0 amide bonds. The third kappa shape index (κ3) is 4.01. The fourth-order valence-corrected chi connectivity index (χ4v) is 2.70. The second kappa shape index (κ2) is 6.82. The molecule has 0 bridgehead atoms. The van der Waals surface area contributed by atoms with Crippen molar-refractivity contribution < 1.29 is 9.13 Å². The minimum absolute atomic E-state index is 0.0160. The van der Waals surface area contributed by atoms with Crippen molar-refractivity contribution in [2.75, 3.05) is 19.7 Å². The number of rotatable bonds is 5. The SMILES string of the molecule is CC(C)CNCC1CCOC1c1ccc(Br)c(F)c1. The van der Waals surface area contributed by atoms with E-state index in [9.17, 15) is 4.39 Å². The predicted octanol–water partition coefficient (Wildman–Crippen LogP) is 3.91. The summed E-state index contributed by atoms with van der Waals surface area (Å²) < 4.78 is 19.9. The molecule has 1 aliphatic rings. The quantitative estimate of drug-likeness (QED) is 0.884. The third-order valence-corrected chi connectivity index (χ3v) is 4.09. The van der Waals surface area contributed by atoms with Crippen molar-refractivity contribution in [2.45, 2.75) is 26.4 Å². The number of ether oxygens (including phenoxy) is 1. The molecule has 1 heterocycles. The second-order valence-electron chi connectivity index (χ2n) is 5.57. The molecule has 19 heavy (non-hydrogen) atoms. The zero-order chi connectivity index (χ0) is 13.8. The zero-order valence-electron chi connectivity index (χ0n) is 11.5. The van der Waals surface area contributed by atoms with Crippen LogP contribution in [0.25, 0.3) is 0 Å². The molecule has 1 aliphatic heterocycles. The Kier molecular flexibility index (Phi) is 5.37. The van der Waals surface area contributed by atoms with Crippen LogP contribution in [0.15, 0.2) is 22.7 Å². The first-order valence-electron chi connectivity index (χ1n) is 6.85. The first-order valence-corrected chi connectivity index (χ1v) is 7.64. The van der Waals surface area contributed by atoms with Crippen molar-refractivity contribution in [1.29, 1.82) is 0 Å². The van der Waals surface area contributed by atoms with E-state index in [2.05, 4.69) is 35.1 Å². The maximum Gasteiger partial charge on any atom is 0.137 e. The van der Waals surface area contributed by atoms with Gasteiger partial charge in [-0.25, -0.2) is 4.39 Å². The normalized spacial score (nSPS) is 23.2. The monoisotopic (exact) mass is 329 g/mol. The van der Waals surface area contributed by atoms with Gasteiger partial charge in [0.2, 0.25) is 0 Å². The van der Waals surface area contributed by atoms with E-state index in [0.29, 0.717) is 16.3 Å². The molecule has 1 N–H and O–H groups in total. The lowest BCUT2D eigenvalue weighted by Crippen LogP contribution is -2.28. The standard InChI is InChI=1S/C15H21BrFNO/c1-10(2)8-18-9-12-5-6-19-15(12)11-3-4-13(16)14(17)7-11/h3-4,7,10,12,15,18H,5-6,8-9H2,1-2H3. The lowest BCUT2D eigenvalue weighted by molar-refractivity contribution is 0.0901. The summed E-state index contributed by atoms with van der Waals surface area (Å²) >= 11 is 3.18. The van der Waals surface area contributed by atoms with Gasteiger partial charge in [-0.15, -0.1) is 0 Å². The van der Waals surface area contributed by atoms with Gasteiger partial charge in [-0.1, -0.05) is 19.9 Å². The number of hydrogen-bond acceptors (Lipinski definition) is 2. The molecular formula is C15H21BrFNO. The molecule has 0 aromatic heterocycles. The van der Waals surface area contributed by atoms with Crippen molar-refractivity contribution in [1.82, 2.24) is 5.32 Å². The molecule has 2 atom stereocenters. The molecule has 0 radical (unpaired) electrons. The predicted molar refractivity (Wildman–Crippen MR) is 78.6 cm³/mol. The molecule has 0 spiro atoms. The molecular weight excluding hydrogens is 309 g/mol. The first-order chi connectivity index (χ1) is 9.08. The smallest absolute Gasteiger partial charge is 0.137 e. The maximum absolute atomic E-state index is 13.6. The fraction of sp³-hybridized carbons (Fsp3) is 0.600. The van der Waals surface area contributed by atoms with Crippen LogP contribution in [-0.2, 0) is 4.74 Å². The van der Waals surface area contributed by atoms with Gasteiger partial charge >= 0.3 is 0 Å². The van der Waals surface area contributed by atoms with E-state index in [4.69, 9.17) is 4.74 Å². The Morgan fingerprint density at radius 2 is 2.26 bits per heavy atom. The summed E-state index contributed by atoms with van der Waals surface area (Å²) in [6.07, 6.45) is 1.05. The molecule has 2 unspecified atom stereocenters. The van der Waals surface area contributed by atoms with Crippen LogP contribution in [0.1, 0.15) is 31.9 Å². The molecule has 4 heteroatoms. The summed E-state index contributed by atoms with van der Waals surface area (Å²) in [5.74, 6) is 0.854. The van der Waals surface area contributed by atoms with E-state index in [1.807, 2.05) is 6.07 Å². The minimum Gasteiger partial charge on any atom is -0.373 e. The molecule has 0 aliphatic carbocycles. The van der Waals surface area contributed by atoms with Gasteiger partial charge in [0.15, 0.2) is 0 Å². The molecule has 2 rings (SSSR count). The van der Waals surface area contributed by atoms with Gasteiger partial charge in [0.25, 0.3) is 0 Å². The molecule has 1 aromatic rings. The van der Waals surface area contributed by atoms with E-state index in [1.165, 1.54) is 0 Å². The van der Waals surface area contributed by atoms with Crippen LogP contribution in [0.2, 0.25) is 0 Å². The third-order valence-electron chi connectivity index (χ3n) is 3.45. The average molecular weight is 330 g/mol. The lowest BCUT2D eigenvalue weighted by Gasteiger charge is -2.20. The van der Waals surface area contributed by atoms with E-state index >= 15 is 0 Å². The van der Waals surface area contributed by atoms with Crippen LogP contribution in [0.4, 0.5) is 4.39 Å². The van der Waals surface area contributed by atoms with Crippen LogP contribution >= 0.6 is 15.9 Å². The summed E-state index contributed by atoms with van der Waals surface area (Å²) in [5, 5.41) is 3.47. The fourth-order valence-electron chi connectivity index (χ4n) is 2.46. The second-order valence-corrected chi connectivity index (χ2v) is 6.42. The Balaban J connectivity index is 1.99. The lowest BCUT2D eigenvalue weighted by atomic mass is 9.95. The molecule has 1 saturated heterocycles. The van der Waals surface area contributed by atoms with Gasteiger partial charge in [-0.05, 0) is 52.5 Å². The topological polar surface area (TPSA) is 21.3 Å². The van der Waals surface area contributed by atoms with Crippen molar-refractivity contribution in [2.24, 2.45) is 11.8 Å². The minimum atomic E-state index is -0.220. The Bertz CT molecular complexity index is 425. The van der Waals surface area contributed by atoms with E-state index in [0.717, 1.165) is 31.7 Å². The summed E-state index contributed by atoms with van der Waals surface area (Å²) in [6.45, 7) is 7.09. The van der Waals surface area contributed by atoms with Crippen molar-refractivity contribution >= 4 is 15.9 Å². The Morgan fingerprint density at radius 1 is 1.47 bits per heavy atom. The van der Waals surface area contributed by atoms with Crippen LogP contribution in [0.3, 0.4) is 0 Å². The van der Waals surface area contributed by atoms with Gasteiger partial charge in [-0.2, -0.15) is 0 Å². The van der Waals surface area contributed by atoms with Gasteiger partial charge < -0.3 is 10.1 Å². The Morgan fingerprint density at radius 3 is 2.95 bits per heavy atom. The van der Waals surface area contributed by atoms with E-state index in [1.54, 1.807) is 12.1 Å². The van der Waals surface area contributed by atoms with Crippen molar-refractivity contribution in [3.8, 4) is 0 Å². The van der Waals surface area contributed by atoms with E-state index in [-0.39, 0.29) is 11.9 Å². The largest absolute Gasteiger partial charge is 0.373 e. The zero-order valence-corrected chi connectivity index (χ0v) is 13.0. The molecule has 2 nitrogen and oxygen atoms in total. The van der Waals surface area contributed by atoms with Gasteiger partial charge in [0.1, 0.15) is 5.82 Å². The van der Waals surface area contributed by atoms with Crippen molar-refractivity contribution in [3.63, 3.8) is 0 Å². The van der Waals surface area contributed by atoms with Crippen LogP contribution in [0, 0.1) is 17.7 Å². The number of nitrogens with one attached hydrogen (secondary N) is 1. The van der Waals surface area contributed by atoms with Crippen LogP contribution in [-0.4, -0.2) is 19.7 Å².